The molecule has 0 aromatic heterocycles. The number of ether oxygens (including phenoxy) is 1. The summed E-state index contributed by atoms with van der Waals surface area (Å²) >= 11 is 9.55. The smallest absolute Gasteiger partial charge is 0.255 e. The second-order valence-corrected chi connectivity index (χ2v) is 6.47. The molecule has 1 fully saturated rings. The highest BCUT2D eigenvalue weighted by Gasteiger charge is 2.27. The first-order valence-corrected chi connectivity index (χ1v) is 8.23. The Labute approximate surface area is 143 Å². The molecule has 0 radical (unpaired) electrons. The van der Waals surface area contributed by atoms with Gasteiger partial charge in [0.1, 0.15) is 6.10 Å². The van der Waals surface area contributed by atoms with Crippen LogP contribution in [0.15, 0.2) is 53.0 Å². The van der Waals surface area contributed by atoms with E-state index in [4.69, 9.17) is 16.3 Å². The molecule has 1 amide bonds. The first-order chi connectivity index (χ1) is 10.6. The number of halogens is 2. The highest BCUT2D eigenvalue weighted by molar-refractivity contribution is 9.10. The first-order valence-electron chi connectivity index (χ1n) is 7.06. The molecular weight excluding hydrogens is 366 g/mol. The summed E-state index contributed by atoms with van der Waals surface area (Å²) < 4.78 is 6.64. The van der Waals surface area contributed by atoms with Crippen LogP contribution in [-0.2, 0) is 4.74 Å². The first kappa shape index (κ1) is 15.5. The zero-order valence-electron chi connectivity index (χ0n) is 11.8. The maximum atomic E-state index is 12.7. The molecule has 3 nitrogen and oxygen atoms in total. The topological polar surface area (TPSA) is 29.5 Å². The van der Waals surface area contributed by atoms with E-state index < -0.39 is 0 Å². The standard InChI is InChI=1S/C17H15BrClNO2/c18-13-6-7-15(19)14(10-13)17(21)20-8-9-22-16(11-20)12-4-2-1-3-5-12/h1-7,10,16H,8-9,11H2. The van der Waals surface area contributed by atoms with Crippen LogP contribution in [0.4, 0.5) is 0 Å². The lowest BCUT2D eigenvalue weighted by molar-refractivity contribution is -0.0228. The molecule has 0 bridgehead atoms. The summed E-state index contributed by atoms with van der Waals surface area (Å²) in [4.78, 5) is 14.5. The third kappa shape index (κ3) is 3.35. The fourth-order valence-electron chi connectivity index (χ4n) is 2.53. The number of morpholine rings is 1. The van der Waals surface area contributed by atoms with Crippen molar-refractivity contribution in [2.45, 2.75) is 6.10 Å². The van der Waals surface area contributed by atoms with Crippen LogP contribution in [0.2, 0.25) is 5.02 Å². The Kier molecular flexibility index (Phi) is 4.81. The summed E-state index contributed by atoms with van der Waals surface area (Å²) in [6.45, 7) is 1.63. The van der Waals surface area contributed by atoms with Crippen molar-refractivity contribution < 1.29 is 9.53 Å². The molecule has 22 heavy (non-hydrogen) atoms. The van der Waals surface area contributed by atoms with Crippen molar-refractivity contribution in [3.05, 3.63) is 69.2 Å². The van der Waals surface area contributed by atoms with Gasteiger partial charge in [-0.05, 0) is 23.8 Å². The monoisotopic (exact) mass is 379 g/mol. The molecule has 0 N–H and O–H groups in total. The minimum absolute atomic E-state index is 0.0597. The molecule has 0 saturated carbocycles. The third-order valence-corrected chi connectivity index (χ3v) is 4.51. The summed E-state index contributed by atoms with van der Waals surface area (Å²) in [5.74, 6) is -0.0597. The minimum Gasteiger partial charge on any atom is -0.370 e. The van der Waals surface area contributed by atoms with Crippen LogP contribution < -0.4 is 0 Å². The molecule has 0 spiro atoms. The normalized spacial score (nSPS) is 18.3. The molecule has 3 rings (SSSR count). The lowest BCUT2D eigenvalue weighted by Crippen LogP contribution is -2.42. The molecule has 5 heteroatoms. The number of carbonyl (C=O) groups excluding carboxylic acids is 1. The van der Waals surface area contributed by atoms with Crippen molar-refractivity contribution in [1.29, 1.82) is 0 Å². The van der Waals surface area contributed by atoms with E-state index in [2.05, 4.69) is 15.9 Å². The van der Waals surface area contributed by atoms with Gasteiger partial charge in [-0.15, -0.1) is 0 Å². The molecular formula is C17H15BrClNO2. The van der Waals surface area contributed by atoms with Crippen LogP contribution in [-0.4, -0.2) is 30.5 Å². The van der Waals surface area contributed by atoms with E-state index in [-0.39, 0.29) is 12.0 Å². The second-order valence-electron chi connectivity index (χ2n) is 5.15. The maximum Gasteiger partial charge on any atom is 0.255 e. The highest BCUT2D eigenvalue weighted by Crippen LogP contribution is 2.26. The van der Waals surface area contributed by atoms with Crippen molar-refractivity contribution in [1.82, 2.24) is 4.90 Å². The Morgan fingerprint density at radius 2 is 2.00 bits per heavy atom. The quantitative estimate of drug-likeness (QED) is 0.777. The summed E-state index contributed by atoms with van der Waals surface area (Å²) in [6, 6.07) is 15.3. The van der Waals surface area contributed by atoms with E-state index in [1.165, 1.54) is 0 Å². The van der Waals surface area contributed by atoms with Gasteiger partial charge in [-0.25, -0.2) is 0 Å². The molecule has 1 atom stereocenters. The minimum atomic E-state index is -0.0928. The predicted octanol–water partition coefficient (Wildman–Crippen LogP) is 4.32. The molecule has 1 unspecified atom stereocenters. The molecule has 1 saturated heterocycles. The van der Waals surface area contributed by atoms with Crippen LogP contribution in [0, 0.1) is 0 Å². The van der Waals surface area contributed by atoms with Crippen LogP contribution in [0.3, 0.4) is 0 Å². The van der Waals surface area contributed by atoms with Crippen LogP contribution in [0.5, 0.6) is 0 Å². The Balaban J connectivity index is 1.80. The molecule has 1 aliphatic rings. The third-order valence-electron chi connectivity index (χ3n) is 3.68. The van der Waals surface area contributed by atoms with Crippen molar-refractivity contribution in [2.75, 3.05) is 19.7 Å². The van der Waals surface area contributed by atoms with Crippen LogP contribution in [0.25, 0.3) is 0 Å². The Hall–Kier alpha value is -1.36. The number of benzene rings is 2. The number of nitrogens with zero attached hydrogens (tertiary/aromatic N) is 1. The van der Waals surface area contributed by atoms with Crippen molar-refractivity contribution in [3.63, 3.8) is 0 Å². The Bertz CT molecular complexity index is 678. The van der Waals surface area contributed by atoms with E-state index in [1.54, 1.807) is 17.0 Å². The average molecular weight is 381 g/mol. The maximum absolute atomic E-state index is 12.7. The van der Waals surface area contributed by atoms with Crippen molar-refractivity contribution in [3.8, 4) is 0 Å². The number of hydrogen-bond donors (Lipinski definition) is 0. The van der Waals surface area contributed by atoms with Gasteiger partial charge in [0.15, 0.2) is 0 Å². The summed E-state index contributed by atoms with van der Waals surface area (Å²) in [5.41, 5.74) is 1.60. The molecule has 114 valence electrons. The fourth-order valence-corrected chi connectivity index (χ4v) is 3.09. The molecule has 1 aliphatic heterocycles. The predicted molar refractivity (Wildman–Crippen MR) is 90.2 cm³/mol. The van der Waals surface area contributed by atoms with Gasteiger partial charge in [0.05, 0.1) is 23.7 Å². The number of rotatable bonds is 2. The summed E-state index contributed by atoms with van der Waals surface area (Å²) in [6.07, 6.45) is -0.0928. The van der Waals surface area contributed by atoms with Crippen molar-refractivity contribution >= 4 is 33.4 Å². The Morgan fingerprint density at radius 3 is 2.77 bits per heavy atom. The van der Waals surface area contributed by atoms with Crippen LogP contribution >= 0.6 is 27.5 Å². The lowest BCUT2D eigenvalue weighted by atomic mass is 10.1. The summed E-state index contributed by atoms with van der Waals surface area (Å²) in [7, 11) is 0. The average Bonchev–Trinajstić information content (AvgIpc) is 2.57. The molecule has 2 aromatic carbocycles. The van der Waals surface area contributed by atoms with Gasteiger partial charge in [-0.3, -0.25) is 4.79 Å². The van der Waals surface area contributed by atoms with E-state index in [0.29, 0.717) is 30.3 Å². The zero-order chi connectivity index (χ0) is 15.5. The van der Waals surface area contributed by atoms with Gasteiger partial charge in [-0.1, -0.05) is 57.9 Å². The lowest BCUT2D eigenvalue weighted by Gasteiger charge is -2.33. The Morgan fingerprint density at radius 1 is 1.23 bits per heavy atom. The van der Waals surface area contributed by atoms with Gasteiger partial charge in [0, 0.05) is 11.0 Å². The number of hydrogen-bond acceptors (Lipinski definition) is 2. The van der Waals surface area contributed by atoms with Gasteiger partial charge in [0.25, 0.3) is 5.91 Å². The highest BCUT2D eigenvalue weighted by atomic mass is 79.9. The van der Waals surface area contributed by atoms with Gasteiger partial charge < -0.3 is 9.64 Å². The van der Waals surface area contributed by atoms with E-state index >= 15 is 0 Å². The number of carbonyl (C=O) groups is 1. The SMILES string of the molecule is O=C(c1cc(Br)ccc1Cl)N1CCOC(c2ccccc2)C1. The van der Waals surface area contributed by atoms with Gasteiger partial charge >= 0.3 is 0 Å². The molecule has 1 heterocycles. The van der Waals surface area contributed by atoms with Gasteiger partial charge in [0.2, 0.25) is 0 Å². The van der Waals surface area contributed by atoms with Crippen LogP contribution in [0.1, 0.15) is 22.0 Å². The number of amides is 1. The van der Waals surface area contributed by atoms with E-state index in [1.807, 2.05) is 36.4 Å². The van der Waals surface area contributed by atoms with E-state index in [0.717, 1.165) is 10.0 Å². The zero-order valence-corrected chi connectivity index (χ0v) is 14.2. The van der Waals surface area contributed by atoms with Crippen molar-refractivity contribution in [2.24, 2.45) is 0 Å². The second kappa shape index (κ2) is 6.82. The summed E-state index contributed by atoms with van der Waals surface area (Å²) in [5, 5.41) is 0.468. The molecule has 2 aromatic rings. The largest absolute Gasteiger partial charge is 0.370 e. The molecule has 0 aliphatic carbocycles. The fraction of sp³-hybridized carbons (Fsp3) is 0.235. The van der Waals surface area contributed by atoms with Gasteiger partial charge in [-0.2, -0.15) is 0 Å². The van der Waals surface area contributed by atoms with E-state index in [9.17, 15) is 4.79 Å².